The molecular formula is C14H16BrNO3S2. The Morgan fingerprint density at radius 2 is 2.00 bits per heavy atom. The topological polar surface area (TPSA) is 66.4 Å². The van der Waals surface area contributed by atoms with Crippen molar-refractivity contribution in [3.05, 3.63) is 50.6 Å². The lowest BCUT2D eigenvalue weighted by Crippen LogP contribution is -2.26. The van der Waals surface area contributed by atoms with Gasteiger partial charge in [-0.15, -0.1) is 11.3 Å². The summed E-state index contributed by atoms with van der Waals surface area (Å²) in [5, 5.41) is 9.46. The Morgan fingerprint density at radius 3 is 2.62 bits per heavy atom. The Labute approximate surface area is 137 Å². The van der Waals surface area contributed by atoms with Gasteiger partial charge in [-0.3, -0.25) is 0 Å². The number of nitrogens with one attached hydrogen (secondary N) is 1. The average molecular weight is 390 g/mol. The maximum Gasteiger partial charge on any atom is 0.241 e. The molecule has 2 N–H and O–H groups in total. The van der Waals surface area contributed by atoms with Crippen molar-refractivity contribution in [2.45, 2.75) is 24.3 Å². The van der Waals surface area contributed by atoms with E-state index < -0.39 is 16.1 Å². The summed E-state index contributed by atoms with van der Waals surface area (Å²) in [6, 6.07) is 10.5. The quantitative estimate of drug-likeness (QED) is 0.797. The first kappa shape index (κ1) is 16.6. The summed E-state index contributed by atoms with van der Waals surface area (Å²) >= 11 is 4.74. The molecule has 0 spiro atoms. The highest BCUT2D eigenvalue weighted by Gasteiger charge is 2.16. The van der Waals surface area contributed by atoms with Crippen LogP contribution in [0, 0.1) is 0 Å². The van der Waals surface area contributed by atoms with Crippen molar-refractivity contribution in [3.8, 4) is 0 Å². The SMILES string of the molecule is C[C@H](O)c1ccc(CCNS(=O)(=O)c2ccccc2Br)s1. The summed E-state index contributed by atoms with van der Waals surface area (Å²) in [5.41, 5.74) is 0. The third-order valence-corrected chi connectivity index (χ3v) is 6.67. The van der Waals surface area contributed by atoms with E-state index in [2.05, 4.69) is 20.7 Å². The minimum atomic E-state index is -3.51. The minimum absolute atomic E-state index is 0.237. The van der Waals surface area contributed by atoms with Crippen molar-refractivity contribution in [2.24, 2.45) is 0 Å². The second-order valence-corrected chi connectivity index (χ2v) is 8.35. The summed E-state index contributed by atoms with van der Waals surface area (Å²) < 4.78 is 27.5. The zero-order valence-corrected chi connectivity index (χ0v) is 14.6. The molecule has 0 saturated carbocycles. The molecule has 1 heterocycles. The molecule has 4 nitrogen and oxygen atoms in total. The van der Waals surface area contributed by atoms with Gasteiger partial charge >= 0.3 is 0 Å². The number of halogens is 1. The van der Waals surface area contributed by atoms with E-state index in [9.17, 15) is 13.5 Å². The van der Waals surface area contributed by atoms with E-state index in [1.54, 1.807) is 31.2 Å². The number of hydrogen-bond donors (Lipinski definition) is 2. The summed E-state index contributed by atoms with van der Waals surface area (Å²) in [4.78, 5) is 2.17. The molecule has 0 aliphatic carbocycles. The average Bonchev–Trinajstić information content (AvgIpc) is 2.88. The molecule has 2 aromatic rings. The van der Waals surface area contributed by atoms with E-state index in [-0.39, 0.29) is 4.90 Å². The summed E-state index contributed by atoms with van der Waals surface area (Å²) in [6.07, 6.45) is 0.113. The van der Waals surface area contributed by atoms with Gasteiger partial charge in [0, 0.05) is 20.8 Å². The Morgan fingerprint density at radius 1 is 1.29 bits per heavy atom. The smallest absolute Gasteiger partial charge is 0.241 e. The van der Waals surface area contributed by atoms with E-state index in [1.807, 2.05) is 12.1 Å². The second kappa shape index (κ2) is 7.02. The lowest BCUT2D eigenvalue weighted by atomic mass is 10.3. The molecule has 0 fully saturated rings. The maximum atomic E-state index is 12.2. The van der Waals surface area contributed by atoms with Crippen LogP contribution in [0.5, 0.6) is 0 Å². The number of aliphatic hydroxyl groups excluding tert-OH is 1. The second-order valence-electron chi connectivity index (χ2n) is 4.56. The zero-order chi connectivity index (χ0) is 15.5. The largest absolute Gasteiger partial charge is 0.388 e. The molecule has 0 amide bonds. The molecule has 114 valence electrons. The Kier molecular flexibility index (Phi) is 5.56. The van der Waals surface area contributed by atoms with Gasteiger partial charge in [-0.25, -0.2) is 13.1 Å². The highest BCUT2D eigenvalue weighted by Crippen LogP contribution is 2.23. The Balaban J connectivity index is 1.98. The van der Waals surface area contributed by atoms with Crippen LogP contribution in [0.1, 0.15) is 22.8 Å². The molecule has 21 heavy (non-hydrogen) atoms. The van der Waals surface area contributed by atoms with E-state index in [0.717, 1.165) is 9.75 Å². The van der Waals surface area contributed by atoms with Gasteiger partial charge in [0.05, 0.1) is 11.0 Å². The Hall–Kier alpha value is -0.730. The molecule has 0 bridgehead atoms. The molecule has 1 aromatic carbocycles. The van der Waals surface area contributed by atoms with Crippen LogP contribution in [0.3, 0.4) is 0 Å². The van der Waals surface area contributed by atoms with Crippen molar-refractivity contribution >= 4 is 37.3 Å². The summed E-state index contributed by atoms with van der Waals surface area (Å²) in [5.74, 6) is 0. The van der Waals surface area contributed by atoms with E-state index in [4.69, 9.17) is 0 Å². The van der Waals surface area contributed by atoms with Crippen LogP contribution in [0.2, 0.25) is 0 Å². The fourth-order valence-electron chi connectivity index (χ4n) is 1.80. The number of hydrogen-bond acceptors (Lipinski definition) is 4. The van der Waals surface area contributed by atoms with E-state index >= 15 is 0 Å². The molecule has 1 atom stereocenters. The summed E-state index contributed by atoms with van der Waals surface area (Å²) in [6.45, 7) is 2.04. The molecule has 1 aromatic heterocycles. The Bertz CT molecular complexity index is 711. The van der Waals surface area contributed by atoms with Crippen LogP contribution in [0.4, 0.5) is 0 Å². The summed E-state index contributed by atoms with van der Waals surface area (Å²) in [7, 11) is -3.51. The van der Waals surface area contributed by atoms with Gasteiger partial charge in [0.25, 0.3) is 0 Å². The zero-order valence-electron chi connectivity index (χ0n) is 11.4. The number of thiophene rings is 1. The highest BCUT2D eigenvalue weighted by atomic mass is 79.9. The van der Waals surface area contributed by atoms with Crippen molar-refractivity contribution in [3.63, 3.8) is 0 Å². The molecule has 0 aliphatic rings. The van der Waals surface area contributed by atoms with E-state index in [1.165, 1.54) is 11.3 Å². The van der Waals surface area contributed by atoms with Crippen LogP contribution >= 0.6 is 27.3 Å². The number of benzene rings is 1. The van der Waals surface area contributed by atoms with E-state index in [0.29, 0.717) is 17.4 Å². The fraction of sp³-hybridized carbons (Fsp3) is 0.286. The predicted molar refractivity (Wildman–Crippen MR) is 88.0 cm³/mol. The normalized spacial score (nSPS) is 13.3. The third-order valence-electron chi connectivity index (χ3n) is 2.88. The first-order valence-electron chi connectivity index (χ1n) is 6.41. The number of rotatable bonds is 6. The number of sulfonamides is 1. The molecule has 0 aliphatic heterocycles. The number of aliphatic hydroxyl groups is 1. The van der Waals surface area contributed by atoms with Crippen molar-refractivity contribution < 1.29 is 13.5 Å². The molecular weight excluding hydrogens is 374 g/mol. The van der Waals surface area contributed by atoms with Gasteiger partial charge in [0.1, 0.15) is 0 Å². The van der Waals surface area contributed by atoms with Gasteiger partial charge in [-0.1, -0.05) is 12.1 Å². The minimum Gasteiger partial charge on any atom is -0.388 e. The molecule has 7 heteroatoms. The first-order chi connectivity index (χ1) is 9.90. The van der Waals surface area contributed by atoms with Gasteiger partial charge < -0.3 is 5.11 Å². The fourth-order valence-corrected chi connectivity index (χ4v) is 4.78. The van der Waals surface area contributed by atoms with Crippen molar-refractivity contribution in [1.82, 2.24) is 4.72 Å². The third kappa shape index (κ3) is 4.37. The molecule has 0 saturated heterocycles. The molecule has 0 unspecified atom stereocenters. The van der Waals surface area contributed by atoms with Gasteiger partial charge in [-0.2, -0.15) is 0 Å². The lowest BCUT2D eigenvalue weighted by molar-refractivity contribution is 0.203. The van der Waals surface area contributed by atoms with Crippen LogP contribution in [-0.2, 0) is 16.4 Å². The van der Waals surface area contributed by atoms with Gasteiger partial charge in [-0.05, 0) is 53.5 Å². The van der Waals surface area contributed by atoms with Crippen LogP contribution in [0.25, 0.3) is 0 Å². The van der Waals surface area contributed by atoms with Crippen LogP contribution in [-0.4, -0.2) is 20.1 Å². The molecule has 2 rings (SSSR count). The van der Waals surface area contributed by atoms with Crippen molar-refractivity contribution in [1.29, 1.82) is 0 Å². The first-order valence-corrected chi connectivity index (χ1v) is 9.50. The van der Waals surface area contributed by atoms with Crippen LogP contribution in [0.15, 0.2) is 45.8 Å². The molecule has 0 radical (unpaired) electrons. The highest BCUT2D eigenvalue weighted by molar-refractivity contribution is 9.10. The lowest BCUT2D eigenvalue weighted by Gasteiger charge is -2.07. The van der Waals surface area contributed by atoms with Crippen LogP contribution < -0.4 is 4.72 Å². The van der Waals surface area contributed by atoms with Gasteiger partial charge in [0.2, 0.25) is 10.0 Å². The van der Waals surface area contributed by atoms with Crippen molar-refractivity contribution in [2.75, 3.05) is 6.54 Å². The maximum absolute atomic E-state index is 12.2. The predicted octanol–water partition coefficient (Wildman–Crippen LogP) is 3.08. The standard InChI is InChI=1S/C14H16BrNO3S2/c1-10(17)13-7-6-11(20-13)8-9-16-21(18,19)14-5-3-2-4-12(14)15/h2-7,10,16-17H,8-9H2,1H3/t10-/m0/s1. The van der Waals surface area contributed by atoms with Gasteiger partial charge in [0.15, 0.2) is 0 Å². The monoisotopic (exact) mass is 389 g/mol.